The van der Waals surface area contributed by atoms with Gasteiger partial charge in [0, 0.05) is 18.3 Å². The Morgan fingerprint density at radius 3 is 2.36 bits per heavy atom. The summed E-state index contributed by atoms with van der Waals surface area (Å²) in [4.78, 5) is 24.9. The van der Waals surface area contributed by atoms with Gasteiger partial charge in [0.1, 0.15) is 12.2 Å². The van der Waals surface area contributed by atoms with E-state index in [0.717, 1.165) is 17.5 Å². The molecule has 0 amide bonds. The SMILES string of the molecule is O=C1C[C@H]2[C@H](CC(OC(=O)c3ccc(-c4ccccc4)cc3)[C@@H]2C=C[C@@H](O)CCc2ccccc2)O1. The van der Waals surface area contributed by atoms with Crippen LogP contribution in [0.15, 0.2) is 97.1 Å². The van der Waals surface area contributed by atoms with E-state index in [1.807, 2.05) is 78.9 Å². The number of rotatable bonds is 8. The van der Waals surface area contributed by atoms with E-state index < -0.39 is 18.2 Å². The van der Waals surface area contributed by atoms with Crippen molar-refractivity contribution in [2.45, 2.75) is 44.0 Å². The minimum absolute atomic E-state index is 0.0478. The Hall–Kier alpha value is -3.70. The lowest BCUT2D eigenvalue weighted by atomic mass is 9.91. The highest BCUT2D eigenvalue weighted by atomic mass is 16.6. The number of aliphatic hydroxyl groups is 1. The number of esters is 2. The van der Waals surface area contributed by atoms with Crippen molar-refractivity contribution in [1.82, 2.24) is 0 Å². The molecule has 1 aliphatic carbocycles. The van der Waals surface area contributed by atoms with Crippen LogP contribution in [0.4, 0.5) is 0 Å². The van der Waals surface area contributed by atoms with E-state index in [9.17, 15) is 14.7 Å². The molecule has 1 N–H and O–H groups in total. The topological polar surface area (TPSA) is 72.8 Å². The Labute approximate surface area is 211 Å². The van der Waals surface area contributed by atoms with Gasteiger partial charge in [-0.25, -0.2) is 4.79 Å². The third kappa shape index (κ3) is 5.58. The number of carbonyl (C=O) groups is 2. The fraction of sp³-hybridized carbons (Fsp3) is 0.290. The Morgan fingerprint density at radius 1 is 0.972 bits per heavy atom. The normalized spacial score (nSPS) is 23.9. The number of fused-ring (bicyclic) bond motifs is 1. The first-order chi connectivity index (χ1) is 17.6. The molecular formula is C31H30O5. The van der Waals surface area contributed by atoms with Crippen LogP contribution in [0.2, 0.25) is 0 Å². The van der Waals surface area contributed by atoms with Crippen LogP contribution in [-0.2, 0) is 20.7 Å². The van der Waals surface area contributed by atoms with Crippen LogP contribution >= 0.6 is 0 Å². The summed E-state index contributed by atoms with van der Waals surface area (Å²) in [7, 11) is 0. The van der Waals surface area contributed by atoms with Gasteiger partial charge in [-0.3, -0.25) is 4.79 Å². The summed E-state index contributed by atoms with van der Waals surface area (Å²) in [5, 5.41) is 10.5. The Morgan fingerprint density at radius 2 is 1.64 bits per heavy atom. The van der Waals surface area contributed by atoms with Crippen molar-refractivity contribution >= 4 is 11.9 Å². The highest BCUT2D eigenvalue weighted by molar-refractivity contribution is 5.90. The lowest BCUT2D eigenvalue weighted by Crippen LogP contribution is -2.25. The fourth-order valence-electron chi connectivity index (χ4n) is 5.24. The average Bonchev–Trinajstić information content (AvgIpc) is 3.42. The molecule has 5 rings (SSSR count). The van der Waals surface area contributed by atoms with Gasteiger partial charge < -0.3 is 14.6 Å². The Balaban J connectivity index is 1.24. The van der Waals surface area contributed by atoms with Crippen molar-refractivity contribution in [2.75, 3.05) is 0 Å². The van der Waals surface area contributed by atoms with Crippen molar-refractivity contribution in [3.8, 4) is 11.1 Å². The van der Waals surface area contributed by atoms with E-state index in [-0.39, 0.29) is 23.9 Å². The smallest absolute Gasteiger partial charge is 0.338 e. The predicted molar refractivity (Wildman–Crippen MR) is 137 cm³/mol. The van der Waals surface area contributed by atoms with Crippen LogP contribution in [0.3, 0.4) is 0 Å². The molecule has 1 saturated heterocycles. The summed E-state index contributed by atoms with van der Waals surface area (Å²) < 4.78 is 11.4. The van der Waals surface area contributed by atoms with Crippen molar-refractivity contribution in [3.05, 3.63) is 108 Å². The van der Waals surface area contributed by atoms with Gasteiger partial charge in [-0.1, -0.05) is 84.9 Å². The maximum Gasteiger partial charge on any atom is 0.338 e. The van der Waals surface area contributed by atoms with Crippen molar-refractivity contribution < 1.29 is 24.2 Å². The molecule has 184 valence electrons. The van der Waals surface area contributed by atoms with E-state index in [2.05, 4.69) is 0 Å². The molecule has 2 aliphatic rings. The van der Waals surface area contributed by atoms with Crippen LogP contribution in [0, 0.1) is 11.8 Å². The summed E-state index contributed by atoms with van der Waals surface area (Å²) in [6.07, 6.45) is 4.53. The maximum absolute atomic E-state index is 13.0. The largest absolute Gasteiger partial charge is 0.462 e. The van der Waals surface area contributed by atoms with Crippen LogP contribution in [0.5, 0.6) is 0 Å². The molecule has 1 saturated carbocycles. The summed E-state index contributed by atoms with van der Waals surface area (Å²) in [6, 6.07) is 27.4. The molecule has 36 heavy (non-hydrogen) atoms. The molecule has 1 heterocycles. The second-order valence-corrected chi connectivity index (χ2v) is 9.57. The minimum Gasteiger partial charge on any atom is -0.462 e. The maximum atomic E-state index is 13.0. The van der Waals surface area contributed by atoms with E-state index in [1.54, 1.807) is 18.2 Å². The molecule has 3 aromatic rings. The van der Waals surface area contributed by atoms with Crippen LogP contribution in [-0.4, -0.2) is 35.4 Å². The van der Waals surface area contributed by atoms with E-state index in [4.69, 9.17) is 9.47 Å². The van der Waals surface area contributed by atoms with Gasteiger partial charge in [0.15, 0.2) is 0 Å². The number of benzene rings is 3. The van der Waals surface area contributed by atoms with Crippen LogP contribution in [0.1, 0.15) is 35.2 Å². The molecule has 2 fully saturated rings. The van der Waals surface area contributed by atoms with Gasteiger partial charge in [-0.2, -0.15) is 0 Å². The van der Waals surface area contributed by atoms with E-state index in [1.165, 1.54) is 5.56 Å². The number of aryl methyl sites for hydroxylation is 1. The van der Waals surface area contributed by atoms with Crippen molar-refractivity contribution in [3.63, 3.8) is 0 Å². The summed E-state index contributed by atoms with van der Waals surface area (Å²) in [6.45, 7) is 0. The first kappa shape index (κ1) is 24.0. The quantitative estimate of drug-likeness (QED) is 0.345. The van der Waals surface area contributed by atoms with Crippen LogP contribution < -0.4 is 0 Å². The minimum atomic E-state index is -0.621. The van der Waals surface area contributed by atoms with Gasteiger partial charge in [0.05, 0.1) is 18.1 Å². The van der Waals surface area contributed by atoms with Crippen LogP contribution in [0.25, 0.3) is 11.1 Å². The van der Waals surface area contributed by atoms with Gasteiger partial charge in [-0.15, -0.1) is 0 Å². The van der Waals surface area contributed by atoms with Gasteiger partial charge in [-0.05, 0) is 41.7 Å². The predicted octanol–water partition coefficient (Wildman–Crippen LogP) is 5.38. The highest BCUT2D eigenvalue weighted by Gasteiger charge is 2.50. The molecule has 1 aliphatic heterocycles. The molecular weight excluding hydrogens is 452 g/mol. The average molecular weight is 483 g/mol. The fourth-order valence-corrected chi connectivity index (χ4v) is 5.24. The second-order valence-electron chi connectivity index (χ2n) is 9.57. The molecule has 3 aromatic carbocycles. The molecule has 5 nitrogen and oxygen atoms in total. The first-order valence-corrected chi connectivity index (χ1v) is 12.5. The van der Waals surface area contributed by atoms with E-state index >= 15 is 0 Å². The number of carbonyl (C=O) groups excluding carboxylic acids is 2. The third-order valence-electron chi connectivity index (χ3n) is 7.16. The Kier molecular flexibility index (Phi) is 7.28. The second kappa shape index (κ2) is 10.9. The van der Waals surface area contributed by atoms with Gasteiger partial charge in [0.2, 0.25) is 0 Å². The molecule has 5 heteroatoms. The Bertz CT molecular complexity index is 1200. The van der Waals surface area contributed by atoms with Gasteiger partial charge in [0.25, 0.3) is 0 Å². The van der Waals surface area contributed by atoms with Crippen molar-refractivity contribution in [1.29, 1.82) is 0 Å². The monoisotopic (exact) mass is 482 g/mol. The number of hydrogen-bond donors (Lipinski definition) is 1. The van der Waals surface area contributed by atoms with E-state index in [0.29, 0.717) is 24.8 Å². The molecule has 0 bridgehead atoms. The number of hydrogen-bond acceptors (Lipinski definition) is 5. The molecule has 0 aromatic heterocycles. The molecule has 0 radical (unpaired) electrons. The van der Waals surface area contributed by atoms with Gasteiger partial charge >= 0.3 is 11.9 Å². The zero-order valence-electron chi connectivity index (χ0n) is 20.0. The summed E-state index contributed by atoms with van der Waals surface area (Å²) in [5.41, 5.74) is 3.76. The standard InChI is InChI=1S/C31H30O5/c32-25(16-11-21-7-3-1-4-8-21)17-18-26-27-19-30(33)35-29(27)20-28(26)36-31(34)24-14-12-23(13-15-24)22-9-5-2-6-10-22/h1-10,12-15,17-18,25-29,32H,11,16,19-20H2/t25-,26+,27+,28?,29-/m0/s1. The lowest BCUT2D eigenvalue weighted by molar-refractivity contribution is -0.141. The number of aliphatic hydroxyl groups excluding tert-OH is 1. The summed E-state index contributed by atoms with van der Waals surface area (Å²) in [5.74, 6) is -0.836. The summed E-state index contributed by atoms with van der Waals surface area (Å²) >= 11 is 0. The molecule has 1 unspecified atom stereocenters. The molecule has 0 spiro atoms. The third-order valence-corrected chi connectivity index (χ3v) is 7.16. The zero-order valence-corrected chi connectivity index (χ0v) is 20.0. The highest BCUT2D eigenvalue weighted by Crippen LogP contribution is 2.43. The molecule has 5 atom stereocenters. The zero-order chi connectivity index (χ0) is 24.9. The van der Waals surface area contributed by atoms with Crippen molar-refractivity contribution in [2.24, 2.45) is 11.8 Å². The lowest BCUT2D eigenvalue weighted by Gasteiger charge is -2.20. The first-order valence-electron chi connectivity index (χ1n) is 12.5. The number of ether oxygens (including phenoxy) is 2.